The maximum atomic E-state index is 13.5. The van der Waals surface area contributed by atoms with E-state index in [1.807, 2.05) is 30.3 Å². The molecule has 208 valence electrons. The van der Waals surface area contributed by atoms with E-state index in [-0.39, 0.29) is 28.9 Å². The number of carbonyl (C=O) groups excluding carboxylic acids is 2. The highest BCUT2D eigenvalue weighted by molar-refractivity contribution is 7.98. The summed E-state index contributed by atoms with van der Waals surface area (Å²) >= 11 is 1.16. The molecule has 3 heterocycles. The molecular formula is C27H25F3N6O3S. The third kappa shape index (κ3) is 6.53. The van der Waals surface area contributed by atoms with Gasteiger partial charge in [-0.1, -0.05) is 48.2 Å². The summed E-state index contributed by atoms with van der Waals surface area (Å²) in [7, 11) is 0. The van der Waals surface area contributed by atoms with Crippen LogP contribution in [-0.4, -0.2) is 44.1 Å². The Kier molecular flexibility index (Phi) is 8.19. The summed E-state index contributed by atoms with van der Waals surface area (Å²) in [6, 6.07) is 13.7. The molecule has 0 bridgehead atoms. The van der Waals surface area contributed by atoms with Crippen LogP contribution in [0, 0.1) is 0 Å². The fourth-order valence-electron chi connectivity index (χ4n) is 4.28. The molecule has 1 atom stereocenters. The number of halogens is 3. The molecule has 2 aromatic heterocycles. The zero-order valence-electron chi connectivity index (χ0n) is 21.1. The molecule has 1 unspecified atom stereocenters. The first-order valence-corrected chi connectivity index (χ1v) is 13.6. The number of nitrogens with one attached hydrogen (secondary N) is 2. The van der Waals surface area contributed by atoms with Crippen LogP contribution in [0.2, 0.25) is 0 Å². The number of nitrogens with zero attached hydrogens (tertiary/aromatic N) is 4. The summed E-state index contributed by atoms with van der Waals surface area (Å²) < 4.78 is 47.4. The molecule has 0 aliphatic carbocycles. The van der Waals surface area contributed by atoms with E-state index in [1.54, 1.807) is 10.6 Å². The highest BCUT2D eigenvalue weighted by Gasteiger charge is 2.31. The molecule has 0 spiro atoms. The lowest BCUT2D eigenvalue weighted by atomic mass is 10.1. The van der Waals surface area contributed by atoms with Crippen molar-refractivity contribution in [2.24, 2.45) is 0 Å². The van der Waals surface area contributed by atoms with Gasteiger partial charge in [-0.25, -0.2) is 4.98 Å². The van der Waals surface area contributed by atoms with Gasteiger partial charge < -0.3 is 15.1 Å². The van der Waals surface area contributed by atoms with Gasteiger partial charge in [0.25, 0.3) is 5.91 Å². The predicted molar refractivity (Wildman–Crippen MR) is 140 cm³/mol. The number of thioether (sulfide) groups is 1. The van der Waals surface area contributed by atoms with Crippen molar-refractivity contribution in [3.8, 4) is 5.69 Å². The Labute approximate surface area is 231 Å². The number of benzene rings is 2. The van der Waals surface area contributed by atoms with Gasteiger partial charge in [0.2, 0.25) is 11.8 Å². The Morgan fingerprint density at radius 3 is 2.75 bits per heavy atom. The maximum absolute atomic E-state index is 13.5. The smallest absolute Gasteiger partial charge is 0.416 e. The van der Waals surface area contributed by atoms with Crippen LogP contribution < -0.4 is 10.6 Å². The maximum Gasteiger partial charge on any atom is 0.416 e. The summed E-state index contributed by atoms with van der Waals surface area (Å²) in [6.07, 6.45) is -0.760. The lowest BCUT2D eigenvalue weighted by Crippen LogP contribution is -2.45. The molecule has 2 aromatic carbocycles. The van der Waals surface area contributed by atoms with Crippen LogP contribution in [-0.2, 0) is 23.1 Å². The second kappa shape index (κ2) is 11.9. The van der Waals surface area contributed by atoms with Crippen LogP contribution in [0.5, 0.6) is 0 Å². The van der Waals surface area contributed by atoms with E-state index in [1.165, 1.54) is 12.3 Å². The summed E-state index contributed by atoms with van der Waals surface area (Å²) in [4.78, 5) is 29.0. The van der Waals surface area contributed by atoms with Gasteiger partial charge in [-0.3, -0.25) is 14.2 Å². The van der Waals surface area contributed by atoms with Crippen LogP contribution in [0.4, 0.5) is 13.2 Å². The van der Waals surface area contributed by atoms with Crippen LogP contribution in [0.3, 0.4) is 0 Å². The summed E-state index contributed by atoms with van der Waals surface area (Å²) in [5.74, 6) is 0.0510. The van der Waals surface area contributed by atoms with Gasteiger partial charge >= 0.3 is 6.18 Å². The fraction of sp³-hybridized carbons (Fsp3) is 0.296. The van der Waals surface area contributed by atoms with Gasteiger partial charge in [0.05, 0.1) is 17.0 Å². The molecule has 5 rings (SSSR count). The van der Waals surface area contributed by atoms with Crippen molar-refractivity contribution in [1.29, 1.82) is 0 Å². The van der Waals surface area contributed by atoms with E-state index >= 15 is 0 Å². The largest absolute Gasteiger partial charge is 0.447 e. The first-order chi connectivity index (χ1) is 19.3. The Bertz CT molecular complexity index is 1490. The van der Waals surface area contributed by atoms with Crippen LogP contribution in [0.25, 0.3) is 5.69 Å². The number of alkyl halides is 3. The molecule has 40 heavy (non-hydrogen) atoms. The van der Waals surface area contributed by atoms with Gasteiger partial charge in [0.1, 0.15) is 18.1 Å². The predicted octanol–water partition coefficient (Wildman–Crippen LogP) is 4.56. The molecule has 2 N–H and O–H groups in total. The molecule has 1 aliphatic rings. The first-order valence-electron chi connectivity index (χ1n) is 12.6. The molecule has 1 saturated heterocycles. The minimum atomic E-state index is -4.51. The Morgan fingerprint density at radius 1 is 1.12 bits per heavy atom. The van der Waals surface area contributed by atoms with E-state index in [9.17, 15) is 22.8 Å². The molecule has 0 radical (unpaired) electrons. The average Bonchev–Trinajstić information content (AvgIpc) is 3.53. The van der Waals surface area contributed by atoms with Gasteiger partial charge in [-0.2, -0.15) is 13.2 Å². The topological polar surface area (TPSA) is 115 Å². The van der Waals surface area contributed by atoms with Crippen molar-refractivity contribution >= 4 is 23.6 Å². The SMILES string of the molecule is O=C(NC1CCCCNC1=O)c1coc(CSc2nnc(Cc3ccccc3)n2-c2cccc(C(F)(F)F)c2)n1. The Hall–Kier alpha value is -4.13. The summed E-state index contributed by atoms with van der Waals surface area (Å²) in [5, 5.41) is 14.3. The zero-order chi connectivity index (χ0) is 28.1. The first kappa shape index (κ1) is 27.4. The summed E-state index contributed by atoms with van der Waals surface area (Å²) in [6.45, 7) is 0.578. The number of hydrogen-bond donors (Lipinski definition) is 2. The number of carbonyl (C=O) groups is 2. The van der Waals surface area contributed by atoms with E-state index in [2.05, 4.69) is 25.8 Å². The van der Waals surface area contributed by atoms with Gasteiger partial charge in [-0.05, 0) is 43.0 Å². The number of oxazole rings is 1. The lowest BCUT2D eigenvalue weighted by Gasteiger charge is -2.13. The van der Waals surface area contributed by atoms with Gasteiger partial charge in [-0.15, -0.1) is 10.2 Å². The number of hydrogen-bond acceptors (Lipinski definition) is 7. The van der Waals surface area contributed by atoms with E-state index in [4.69, 9.17) is 4.42 Å². The van der Waals surface area contributed by atoms with Crippen molar-refractivity contribution in [2.75, 3.05) is 6.54 Å². The third-order valence-corrected chi connectivity index (χ3v) is 7.20. The van der Waals surface area contributed by atoms with Crippen molar-refractivity contribution in [2.45, 2.75) is 48.8 Å². The monoisotopic (exact) mass is 570 g/mol. The van der Waals surface area contributed by atoms with Crippen LogP contribution in [0.15, 0.2) is 70.4 Å². The van der Waals surface area contributed by atoms with Gasteiger partial charge in [0, 0.05) is 13.0 Å². The van der Waals surface area contributed by atoms with Crippen LogP contribution >= 0.6 is 11.8 Å². The minimum absolute atomic E-state index is 0.0248. The molecular weight excluding hydrogens is 545 g/mol. The van der Waals surface area contributed by atoms with E-state index in [0.717, 1.165) is 42.3 Å². The molecule has 13 heteroatoms. The number of amides is 2. The summed E-state index contributed by atoms with van der Waals surface area (Å²) in [5.41, 5.74) is 0.426. The Morgan fingerprint density at radius 2 is 1.95 bits per heavy atom. The second-order valence-electron chi connectivity index (χ2n) is 9.17. The lowest BCUT2D eigenvalue weighted by molar-refractivity contribution is -0.137. The minimum Gasteiger partial charge on any atom is -0.447 e. The number of aromatic nitrogens is 4. The molecule has 0 saturated carbocycles. The van der Waals surface area contributed by atoms with Crippen molar-refractivity contribution in [3.63, 3.8) is 0 Å². The van der Waals surface area contributed by atoms with Crippen molar-refractivity contribution in [1.82, 2.24) is 30.4 Å². The number of rotatable bonds is 8. The fourth-order valence-corrected chi connectivity index (χ4v) is 5.11. The molecule has 1 fully saturated rings. The van der Waals surface area contributed by atoms with E-state index < -0.39 is 23.7 Å². The molecule has 2 amide bonds. The molecule has 1 aliphatic heterocycles. The standard InChI is InChI=1S/C27H25F3N6O3S/c28-27(29,30)18-9-6-10-19(14-18)36-22(13-17-7-2-1-3-8-17)34-35-26(36)40-16-23-32-21(15-39-23)25(38)33-20-11-4-5-12-31-24(20)37/h1-3,6-10,14-15,20H,4-5,11-13,16H2,(H,31,37)(H,33,38). The van der Waals surface area contributed by atoms with Crippen molar-refractivity contribution < 1.29 is 27.2 Å². The molecule has 9 nitrogen and oxygen atoms in total. The second-order valence-corrected chi connectivity index (χ2v) is 10.1. The Balaban J connectivity index is 1.35. The molecule has 4 aromatic rings. The highest BCUT2D eigenvalue weighted by atomic mass is 32.2. The van der Waals surface area contributed by atoms with Crippen LogP contribution in [0.1, 0.15) is 52.6 Å². The van der Waals surface area contributed by atoms with Gasteiger partial charge in [0.15, 0.2) is 10.9 Å². The quantitative estimate of drug-likeness (QED) is 0.299. The normalized spacial score (nSPS) is 15.9. The zero-order valence-corrected chi connectivity index (χ0v) is 22.0. The third-order valence-electron chi connectivity index (χ3n) is 6.29. The highest BCUT2D eigenvalue weighted by Crippen LogP contribution is 2.32. The van der Waals surface area contributed by atoms with E-state index in [0.29, 0.717) is 30.4 Å². The average molecular weight is 571 g/mol. The van der Waals surface area contributed by atoms with Crippen molar-refractivity contribution in [3.05, 3.63) is 89.4 Å².